The molecule has 4 aromatic carbocycles. The fraction of sp³-hybridized carbons (Fsp3) is 0.408. The van der Waals surface area contributed by atoms with Crippen molar-refractivity contribution in [3.05, 3.63) is 130 Å². The van der Waals surface area contributed by atoms with Gasteiger partial charge in [-0.05, 0) is 127 Å². The van der Waals surface area contributed by atoms with Gasteiger partial charge in [0.2, 0.25) is 5.91 Å². The molecule has 5 N–H and O–H groups in total. The number of allylic oxidation sites excluding steroid dienone is 1. The van der Waals surface area contributed by atoms with Gasteiger partial charge in [0.05, 0.1) is 17.2 Å². The summed E-state index contributed by atoms with van der Waals surface area (Å²) in [4.78, 5) is 33.5. The minimum atomic E-state index is -0.246. The molecule has 316 valence electrons. The zero-order chi connectivity index (χ0) is 43.3. The maximum atomic E-state index is 13.5. The first kappa shape index (κ1) is 46.1. The minimum Gasteiger partial charge on any atom is -0.457 e. The van der Waals surface area contributed by atoms with Gasteiger partial charge in [-0.3, -0.25) is 14.6 Å². The van der Waals surface area contributed by atoms with Crippen LogP contribution in [0.3, 0.4) is 0 Å². The Kier molecular flexibility index (Phi) is 16.7. The number of hydrogen-bond donors (Lipinski definition) is 3. The Morgan fingerprint density at radius 3 is 2.12 bits per heavy atom. The highest BCUT2D eigenvalue weighted by atomic mass is 19.1. The van der Waals surface area contributed by atoms with Gasteiger partial charge < -0.3 is 31.3 Å². The van der Waals surface area contributed by atoms with Gasteiger partial charge in [-0.25, -0.2) is 4.39 Å². The van der Waals surface area contributed by atoms with Crippen LogP contribution in [-0.4, -0.2) is 55.1 Å². The average molecular weight is 805 g/mol. The molecule has 1 atom stereocenters. The van der Waals surface area contributed by atoms with Crippen molar-refractivity contribution in [1.82, 2.24) is 10.2 Å². The predicted molar refractivity (Wildman–Crippen MR) is 241 cm³/mol. The maximum absolute atomic E-state index is 13.5. The first-order chi connectivity index (χ1) is 28.0. The van der Waals surface area contributed by atoms with E-state index in [0.717, 1.165) is 76.9 Å². The molecule has 1 saturated heterocycles. The van der Waals surface area contributed by atoms with E-state index in [4.69, 9.17) is 21.2 Å². The number of aliphatic imine (C=N–C) groups is 1. The van der Waals surface area contributed by atoms with E-state index >= 15 is 0 Å². The molecular formula is C49H65FN6O3. The number of hydrogen-bond acceptors (Lipinski definition) is 7. The predicted octanol–water partition coefficient (Wildman–Crippen LogP) is 10.0. The van der Waals surface area contributed by atoms with E-state index in [-0.39, 0.29) is 34.9 Å². The number of rotatable bonds is 14. The number of amides is 2. The first-order valence-electron chi connectivity index (χ1n) is 20.8. The lowest BCUT2D eigenvalue weighted by Gasteiger charge is -2.36. The van der Waals surface area contributed by atoms with Crippen molar-refractivity contribution in [1.29, 1.82) is 0 Å². The Morgan fingerprint density at radius 2 is 1.53 bits per heavy atom. The number of ether oxygens (including phenoxy) is 1. The summed E-state index contributed by atoms with van der Waals surface area (Å²) in [7, 11) is 0. The van der Waals surface area contributed by atoms with Gasteiger partial charge in [-0.1, -0.05) is 78.8 Å². The van der Waals surface area contributed by atoms with E-state index in [2.05, 4.69) is 70.0 Å². The van der Waals surface area contributed by atoms with Crippen molar-refractivity contribution in [3.8, 4) is 11.5 Å². The van der Waals surface area contributed by atoms with E-state index in [1.807, 2.05) is 74.2 Å². The van der Waals surface area contributed by atoms with Crippen molar-refractivity contribution < 1.29 is 18.7 Å². The third kappa shape index (κ3) is 13.7. The number of anilines is 1. The van der Waals surface area contributed by atoms with Crippen LogP contribution in [0.2, 0.25) is 0 Å². The molecule has 0 saturated carbocycles. The molecule has 0 aliphatic carbocycles. The van der Waals surface area contributed by atoms with Gasteiger partial charge in [0.1, 0.15) is 17.3 Å². The fourth-order valence-corrected chi connectivity index (χ4v) is 6.51. The number of nitrogens with two attached hydrogens (primary N) is 2. The van der Waals surface area contributed by atoms with Crippen molar-refractivity contribution in [3.63, 3.8) is 0 Å². The Morgan fingerprint density at radius 1 is 0.864 bits per heavy atom. The molecular weight excluding hydrogens is 740 g/mol. The van der Waals surface area contributed by atoms with E-state index in [1.54, 1.807) is 12.1 Å². The smallest absolute Gasteiger partial charge is 0.254 e. The van der Waals surface area contributed by atoms with E-state index in [1.165, 1.54) is 17.7 Å². The Bertz CT molecular complexity index is 2060. The monoisotopic (exact) mass is 805 g/mol. The average Bonchev–Trinajstić information content (AvgIpc) is 3.21. The third-order valence-electron chi connectivity index (χ3n) is 10.7. The summed E-state index contributed by atoms with van der Waals surface area (Å²) in [5.41, 5.74) is 18.8. The summed E-state index contributed by atoms with van der Waals surface area (Å²) in [6.45, 7) is 22.2. The molecule has 1 aliphatic heterocycles. The van der Waals surface area contributed by atoms with Crippen LogP contribution < -0.4 is 26.4 Å². The van der Waals surface area contributed by atoms with E-state index < -0.39 is 0 Å². The quantitative estimate of drug-likeness (QED) is 0.0861. The molecule has 2 amide bonds. The highest BCUT2D eigenvalue weighted by Crippen LogP contribution is 2.30. The molecule has 0 aromatic heterocycles. The van der Waals surface area contributed by atoms with Gasteiger partial charge in [-0.2, -0.15) is 0 Å². The van der Waals surface area contributed by atoms with Crippen LogP contribution in [0, 0.1) is 24.6 Å². The number of carbonyl (C=O) groups excluding carboxylic acids is 2. The molecule has 1 fully saturated rings. The first-order valence-corrected chi connectivity index (χ1v) is 20.8. The molecule has 1 aliphatic rings. The van der Waals surface area contributed by atoms with Gasteiger partial charge in [0.25, 0.3) is 5.91 Å². The van der Waals surface area contributed by atoms with Crippen molar-refractivity contribution >= 4 is 28.9 Å². The summed E-state index contributed by atoms with van der Waals surface area (Å²) in [6, 6.07) is 28.6. The van der Waals surface area contributed by atoms with Gasteiger partial charge in [-0.15, -0.1) is 0 Å². The Balaban J connectivity index is 0.000000436. The summed E-state index contributed by atoms with van der Waals surface area (Å²) >= 11 is 0. The minimum absolute atomic E-state index is 0.000760. The summed E-state index contributed by atoms with van der Waals surface area (Å²) < 4.78 is 19.6. The third-order valence-corrected chi connectivity index (χ3v) is 10.7. The van der Waals surface area contributed by atoms with Crippen molar-refractivity contribution in [2.24, 2.45) is 28.3 Å². The molecule has 0 unspecified atom stereocenters. The SMILES string of the molecule is CCC(C)=C(N)NCCC[C@@H](C)C(N)=O.Cc1ccc(C(=O)N2CCN(c3ccc(F)cc3)CC2)cc1N=C(c1cccc(Oc2ccc(C(C)(C)C)cc2)c1)C(C)C. The fourth-order valence-electron chi connectivity index (χ4n) is 6.51. The Hall–Kier alpha value is -5.64. The number of halogens is 1. The van der Waals surface area contributed by atoms with E-state index in [9.17, 15) is 14.0 Å². The summed E-state index contributed by atoms with van der Waals surface area (Å²) in [5, 5.41) is 3.13. The molecule has 4 aromatic rings. The summed E-state index contributed by atoms with van der Waals surface area (Å²) in [5.74, 6) is 1.91. The zero-order valence-electron chi connectivity index (χ0n) is 36.6. The van der Waals surface area contributed by atoms with Crippen LogP contribution in [-0.2, 0) is 10.2 Å². The van der Waals surface area contributed by atoms with Crippen LogP contribution in [0.25, 0.3) is 0 Å². The van der Waals surface area contributed by atoms with Crippen LogP contribution in [0.5, 0.6) is 11.5 Å². The standard InChI is InChI=1S/C38H42FN3O2.C11H23N3O/c1-26(2)36(28-8-7-9-34(24-28)44-33-18-12-30(13-19-33)38(4,5)6)40-35-25-29(11-10-27(35)3)37(43)42-22-20-41(21-23-42)32-16-14-31(39)15-17-32;1-4-8(2)10(12)14-7-5-6-9(3)11(13)15/h7-19,24-26H,20-23H2,1-6H3;9,14H,4-7,12H2,1-3H3,(H2,13,15)/t;9-/m.1/s1. The second kappa shape index (κ2) is 21.4. The number of nitrogens with one attached hydrogen (secondary N) is 1. The number of nitrogens with zero attached hydrogens (tertiary/aromatic N) is 3. The molecule has 0 radical (unpaired) electrons. The molecule has 9 nitrogen and oxygen atoms in total. The molecule has 1 heterocycles. The molecule has 0 bridgehead atoms. The lowest BCUT2D eigenvalue weighted by atomic mass is 9.87. The molecule has 0 spiro atoms. The summed E-state index contributed by atoms with van der Waals surface area (Å²) in [6.07, 6.45) is 2.67. The molecule has 59 heavy (non-hydrogen) atoms. The van der Waals surface area contributed by atoms with Crippen molar-refractivity contribution in [2.45, 2.75) is 87.0 Å². The highest BCUT2D eigenvalue weighted by Gasteiger charge is 2.23. The zero-order valence-corrected chi connectivity index (χ0v) is 36.6. The Labute approximate surface area is 351 Å². The van der Waals surface area contributed by atoms with Crippen LogP contribution >= 0.6 is 0 Å². The van der Waals surface area contributed by atoms with Gasteiger partial charge >= 0.3 is 0 Å². The maximum Gasteiger partial charge on any atom is 0.254 e. The second-order valence-corrected chi connectivity index (χ2v) is 16.7. The largest absolute Gasteiger partial charge is 0.457 e. The lowest BCUT2D eigenvalue weighted by molar-refractivity contribution is -0.121. The molecule has 5 rings (SSSR count). The normalized spacial score (nSPS) is 14.3. The number of piperazine rings is 1. The topological polar surface area (TPSA) is 126 Å². The van der Waals surface area contributed by atoms with Crippen molar-refractivity contribution in [2.75, 3.05) is 37.6 Å². The number of primary amides is 1. The number of carbonyl (C=O) groups is 2. The lowest BCUT2D eigenvalue weighted by Crippen LogP contribution is -2.48. The van der Waals surface area contributed by atoms with Gasteiger partial charge in [0, 0.05) is 49.9 Å². The second-order valence-electron chi connectivity index (χ2n) is 16.7. The van der Waals surface area contributed by atoms with Gasteiger partial charge in [0.15, 0.2) is 0 Å². The number of benzene rings is 4. The van der Waals surface area contributed by atoms with Crippen LogP contribution in [0.4, 0.5) is 15.8 Å². The van der Waals surface area contributed by atoms with Crippen LogP contribution in [0.15, 0.2) is 107 Å². The van der Waals surface area contributed by atoms with E-state index in [0.29, 0.717) is 31.7 Å². The highest BCUT2D eigenvalue weighted by molar-refractivity contribution is 6.04. The molecule has 10 heteroatoms. The van der Waals surface area contributed by atoms with Crippen LogP contribution in [0.1, 0.15) is 102 Å². The number of aryl methyl sites for hydroxylation is 1.